The van der Waals surface area contributed by atoms with Crippen LogP contribution in [-0.2, 0) is 4.79 Å². The number of ether oxygens (including phenoxy) is 1. The van der Waals surface area contributed by atoms with E-state index in [4.69, 9.17) is 4.74 Å². The van der Waals surface area contributed by atoms with Gasteiger partial charge in [0.25, 0.3) is 0 Å². The Bertz CT molecular complexity index is 461. The highest BCUT2D eigenvalue weighted by Gasteiger charge is 2.34. The first-order chi connectivity index (χ1) is 10.2. The highest BCUT2D eigenvalue weighted by atomic mass is 16.5. The SMILES string of the molecule is CCCCC(=O)NC1NNC(C)C1c1ccc(OC)cc1. The summed E-state index contributed by atoms with van der Waals surface area (Å²) in [6.45, 7) is 4.20. The van der Waals surface area contributed by atoms with Gasteiger partial charge in [0.2, 0.25) is 5.91 Å². The summed E-state index contributed by atoms with van der Waals surface area (Å²) in [7, 11) is 1.66. The molecule has 1 aliphatic rings. The number of nitrogens with one attached hydrogen (secondary N) is 3. The molecule has 0 aliphatic carbocycles. The summed E-state index contributed by atoms with van der Waals surface area (Å²) in [5, 5.41) is 3.08. The van der Waals surface area contributed by atoms with E-state index in [1.165, 1.54) is 5.56 Å². The molecular weight excluding hydrogens is 266 g/mol. The molecule has 1 saturated heterocycles. The van der Waals surface area contributed by atoms with Crippen LogP contribution in [0.2, 0.25) is 0 Å². The fourth-order valence-corrected chi connectivity index (χ4v) is 2.71. The third kappa shape index (κ3) is 3.95. The molecule has 1 amide bonds. The van der Waals surface area contributed by atoms with E-state index in [0.717, 1.165) is 18.6 Å². The maximum atomic E-state index is 11.9. The molecule has 3 N–H and O–H groups in total. The average molecular weight is 291 g/mol. The predicted octanol–water partition coefficient (Wildman–Crippen LogP) is 1.91. The van der Waals surface area contributed by atoms with Crippen LogP contribution in [0.15, 0.2) is 24.3 Å². The lowest BCUT2D eigenvalue weighted by molar-refractivity contribution is -0.122. The average Bonchev–Trinajstić information content (AvgIpc) is 2.86. The Morgan fingerprint density at radius 2 is 2.00 bits per heavy atom. The van der Waals surface area contributed by atoms with Gasteiger partial charge in [-0.05, 0) is 31.0 Å². The van der Waals surface area contributed by atoms with E-state index in [9.17, 15) is 4.79 Å². The van der Waals surface area contributed by atoms with Crippen LogP contribution in [0.5, 0.6) is 5.75 Å². The Hall–Kier alpha value is -1.59. The van der Waals surface area contributed by atoms with Crippen LogP contribution in [0.3, 0.4) is 0 Å². The zero-order valence-corrected chi connectivity index (χ0v) is 13.0. The second-order valence-electron chi connectivity index (χ2n) is 5.53. The molecule has 3 unspecified atom stereocenters. The number of unbranched alkanes of at least 4 members (excludes halogenated alkanes) is 1. The Balaban J connectivity index is 2.05. The maximum Gasteiger partial charge on any atom is 0.221 e. The van der Waals surface area contributed by atoms with Crippen LogP contribution in [0.1, 0.15) is 44.6 Å². The molecule has 3 atom stereocenters. The molecule has 1 aromatic carbocycles. The summed E-state index contributed by atoms with van der Waals surface area (Å²) in [5.74, 6) is 1.14. The Morgan fingerprint density at radius 1 is 1.29 bits per heavy atom. The van der Waals surface area contributed by atoms with Gasteiger partial charge in [0.15, 0.2) is 0 Å². The summed E-state index contributed by atoms with van der Waals surface area (Å²) >= 11 is 0. The summed E-state index contributed by atoms with van der Waals surface area (Å²) < 4.78 is 5.19. The van der Waals surface area contributed by atoms with Gasteiger partial charge in [-0.25, -0.2) is 5.43 Å². The van der Waals surface area contributed by atoms with Gasteiger partial charge >= 0.3 is 0 Å². The summed E-state index contributed by atoms with van der Waals surface area (Å²) in [6, 6.07) is 8.27. The summed E-state index contributed by atoms with van der Waals surface area (Å²) in [6.07, 6.45) is 2.45. The second-order valence-corrected chi connectivity index (χ2v) is 5.53. The molecule has 1 aliphatic heterocycles. The molecule has 1 heterocycles. The van der Waals surface area contributed by atoms with Crippen molar-refractivity contribution >= 4 is 5.91 Å². The first kappa shape index (κ1) is 15.8. The van der Waals surface area contributed by atoms with Gasteiger partial charge in [-0.1, -0.05) is 25.5 Å². The van der Waals surface area contributed by atoms with Crippen molar-refractivity contribution < 1.29 is 9.53 Å². The predicted molar refractivity (Wildman–Crippen MR) is 82.9 cm³/mol. The zero-order chi connectivity index (χ0) is 15.2. The molecule has 0 saturated carbocycles. The highest BCUT2D eigenvalue weighted by molar-refractivity contribution is 5.76. The van der Waals surface area contributed by atoms with Crippen molar-refractivity contribution in [1.29, 1.82) is 0 Å². The lowest BCUT2D eigenvalue weighted by Crippen LogP contribution is -2.46. The molecule has 1 fully saturated rings. The van der Waals surface area contributed by atoms with Crippen molar-refractivity contribution in [2.75, 3.05) is 7.11 Å². The number of methoxy groups -OCH3 is 1. The Morgan fingerprint density at radius 3 is 2.62 bits per heavy atom. The molecule has 1 aromatic rings. The van der Waals surface area contributed by atoms with Gasteiger partial charge < -0.3 is 10.1 Å². The molecule has 5 nitrogen and oxygen atoms in total. The van der Waals surface area contributed by atoms with Gasteiger partial charge in [-0.3, -0.25) is 10.2 Å². The number of carbonyl (C=O) groups is 1. The van der Waals surface area contributed by atoms with Crippen molar-refractivity contribution in [3.63, 3.8) is 0 Å². The van der Waals surface area contributed by atoms with Gasteiger partial charge in [0, 0.05) is 18.4 Å². The van der Waals surface area contributed by atoms with E-state index < -0.39 is 0 Å². The number of amides is 1. The normalized spacial score (nSPS) is 24.8. The third-order valence-corrected chi connectivity index (χ3v) is 3.94. The van der Waals surface area contributed by atoms with E-state index in [-0.39, 0.29) is 24.0 Å². The minimum Gasteiger partial charge on any atom is -0.497 e. The van der Waals surface area contributed by atoms with Crippen molar-refractivity contribution in [3.8, 4) is 5.75 Å². The smallest absolute Gasteiger partial charge is 0.221 e. The molecule has 21 heavy (non-hydrogen) atoms. The van der Waals surface area contributed by atoms with Gasteiger partial charge in [0.1, 0.15) is 11.9 Å². The standard InChI is InChI=1S/C16H25N3O2/c1-4-5-6-14(20)17-16-15(11(2)18-19-16)12-7-9-13(21-3)10-8-12/h7-11,15-16,18-19H,4-6H2,1-3H3,(H,17,20). The fourth-order valence-electron chi connectivity index (χ4n) is 2.71. The molecule has 0 bridgehead atoms. The van der Waals surface area contributed by atoms with Crippen LogP contribution < -0.4 is 20.9 Å². The van der Waals surface area contributed by atoms with Crippen molar-refractivity contribution in [2.24, 2.45) is 0 Å². The Kier molecular flexibility index (Phi) is 5.59. The van der Waals surface area contributed by atoms with Gasteiger partial charge in [-0.2, -0.15) is 0 Å². The van der Waals surface area contributed by atoms with Crippen LogP contribution in [0, 0.1) is 0 Å². The third-order valence-electron chi connectivity index (χ3n) is 3.94. The molecule has 2 rings (SSSR count). The van der Waals surface area contributed by atoms with E-state index in [1.54, 1.807) is 7.11 Å². The lowest BCUT2D eigenvalue weighted by Gasteiger charge is -2.22. The lowest BCUT2D eigenvalue weighted by atomic mass is 9.91. The van der Waals surface area contributed by atoms with Crippen LogP contribution in [0.25, 0.3) is 0 Å². The number of hydrogen-bond acceptors (Lipinski definition) is 4. The minimum absolute atomic E-state index is 0.0854. The largest absolute Gasteiger partial charge is 0.497 e. The molecule has 5 heteroatoms. The topological polar surface area (TPSA) is 62.4 Å². The quantitative estimate of drug-likeness (QED) is 0.749. The van der Waals surface area contributed by atoms with E-state index >= 15 is 0 Å². The molecule has 0 aromatic heterocycles. The van der Waals surface area contributed by atoms with Crippen LogP contribution in [0.4, 0.5) is 0 Å². The number of hydrogen-bond donors (Lipinski definition) is 3. The first-order valence-corrected chi connectivity index (χ1v) is 7.60. The molecular formula is C16H25N3O2. The minimum atomic E-state index is -0.0854. The summed E-state index contributed by atoms with van der Waals surface area (Å²) in [5.41, 5.74) is 7.57. The summed E-state index contributed by atoms with van der Waals surface area (Å²) in [4.78, 5) is 11.9. The maximum absolute atomic E-state index is 11.9. The van der Waals surface area contributed by atoms with E-state index in [1.807, 2.05) is 12.1 Å². The number of hydrazine groups is 1. The molecule has 116 valence electrons. The van der Waals surface area contributed by atoms with Gasteiger partial charge in [-0.15, -0.1) is 0 Å². The molecule has 0 radical (unpaired) electrons. The van der Waals surface area contributed by atoms with Crippen molar-refractivity contribution in [1.82, 2.24) is 16.2 Å². The Labute approximate surface area is 126 Å². The first-order valence-electron chi connectivity index (χ1n) is 7.60. The highest BCUT2D eigenvalue weighted by Crippen LogP contribution is 2.27. The van der Waals surface area contributed by atoms with Crippen molar-refractivity contribution in [2.45, 2.75) is 51.2 Å². The monoisotopic (exact) mass is 291 g/mol. The fraction of sp³-hybridized carbons (Fsp3) is 0.562. The number of benzene rings is 1. The number of carbonyl (C=O) groups excluding carboxylic acids is 1. The number of rotatable bonds is 6. The van der Waals surface area contributed by atoms with Crippen LogP contribution in [-0.4, -0.2) is 25.2 Å². The molecule has 0 spiro atoms. The zero-order valence-electron chi connectivity index (χ0n) is 13.0. The van der Waals surface area contributed by atoms with Gasteiger partial charge in [0.05, 0.1) is 7.11 Å². The second kappa shape index (κ2) is 7.43. The van der Waals surface area contributed by atoms with Crippen LogP contribution >= 0.6 is 0 Å². The van der Waals surface area contributed by atoms with Crippen molar-refractivity contribution in [3.05, 3.63) is 29.8 Å². The van der Waals surface area contributed by atoms with E-state index in [2.05, 4.69) is 42.1 Å². The van der Waals surface area contributed by atoms with E-state index in [0.29, 0.717) is 6.42 Å².